The van der Waals surface area contributed by atoms with Crippen molar-refractivity contribution < 1.29 is 8.42 Å². The first-order chi connectivity index (χ1) is 7.51. The van der Waals surface area contributed by atoms with E-state index >= 15 is 0 Å². The molecule has 0 amide bonds. The topological polar surface area (TPSA) is 50.3 Å². The Morgan fingerprint density at radius 2 is 2.25 bits per heavy atom. The quantitative estimate of drug-likeness (QED) is 0.829. The monoisotopic (exact) mass is 260 g/mol. The zero-order valence-corrected chi connectivity index (χ0v) is 10.5. The number of halogens is 1. The third kappa shape index (κ3) is 2.36. The fraction of sp³-hybridized carbons (Fsp3) is 0.500. The van der Waals surface area contributed by atoms with Gasteiger partial charge in [-0.05, 0) is 24.8 Å². The van der Waals surface area contributed by atoms with Crippen molar-refractivity contribution in [2.24, 2.45) is 5.92 Å². The van der Waals surface area contributed by atoms with Crippen LogP contribution in [0.1, 0.15) is 12.8 Å². The molecule has 1 aliphatic rings. The lowest BCUT2D eigenvalue weighted by molar-refractivity contribution is 0.452. The summed E-state index contributed by atoms with van der Waals surface area (Å²) in [6.45, 7) is 0.563. The predicted octanol–water partition coefficient (Wildman–Crippen LogP) is 1.77. The van der Waals surface area contributed by atoms with Gasteiger partial charge in [-0.3, -0.25) is 4.98 Å². The van der Waals surface area contributed by atoms with Gasteiger partial charge in [0, 0.05) is 26.0 Å². The Morgan fingerprint density at radius 3 is 2.81 bits per heavy atom. The van der Waals surface area contributed by atoms with Crippen LogP contribution in [0, 0.1) is 5.92 Å². The van der Waals surface area contributed by atoms with E-state index in [1.54, 1.807) is 7.05 Å². The highest BCUT2D eigenvalue weighted by Gasteiger charge is 2.30. The summed E-state index contributed by atoms with van der Waals surface area (Å²) in [6.07, 6.45) is 4.99. The van der Waals surface area contributed by atoms with Gasteiger partial charge in [-0.15, -0.1) is 0 Å². The maximum Gasteiger partial charge on any atom is 0.245 e. The summed E-state index contributed by atoms with van der Waals surface area (Å²) in [5.41, 5.74) is 0. The summed E-state index contributed by atoms with van der Waals surface area (Å²) >= 11 is 5.86. The molecule has 1 aromatic heterocycles. The third-order valence-corrected chi connectivity index (χ3v) is 4.93. The average molecular weight is 261 g/mol. The Morgan fingerprint density at radius 1 is 1.56 bits per heavy atom. The third-order valence-electron chi connectivity index (χ3n) is 2.63. The number of aromatic nitrogens is 1. The van der Waals surface area contributed by atoms with E-state index in [0.29, 0.717) is 12.5 Å². The van der Waals surface area contributed by atoms with E-state index in [1.807, 2.05) is 0 Å². The van der Waals surface area contributed by atoms with Crippen LogP contribution in [-0.4, -0.2) is 31.3 Å². The predicted molar refractivity (Wildman–Crippen MR) is 61.8 cm³/mol. The highest BCUT2D eigenvalue weighted by molar-refractivity contribution is 7.89. The molecule has 1 aliphatic carbocycles. The van der Waals surface area contributed by atoms with E-state index in [1.165, 1.54) is 22.8 Å². The van der Waals surface area contributed by atoms with Gasteiger partial charge in [-0.25, -0.2) is 12.7 Å². The fourth-order valence-electron chi connectivity index (χ4n) is 1.48. The standard InChI is InChI=1S/C10H13ClN2O2S/c1-13(7-8-2-3-8)16(14,15)10-6-12-5-4-9(10)11/h4-6,8H,2-3,7H2,1H3. The van der Waals surface area contributed by atoms with Gasteiger partial charge in [-0.2, -0.15) is 0 Å². The van der Waals surface area contributed by atoms with Crippen molar-refractivity contribution in [1.29, 1.82) is 0 Å². The summed E-state index contributed by atoms with van der Waals surface area (Å²) < 4.78 is 25.6. The van der Waals surface area contributed by atoms with Crippen LogP contribution in [-0.2, 0) is 10.0 Å². The molecular weight excluding hydrogens is 248 g/mol. The van der Waals surface area contributed by atoms with E-state index in [0.717, 1.165) is 12.8 Å². The van der Waals surface area contributed by atoms with Crippen LogP contribution in [0.5, 0.6) is 0 Å². The van der Waals surface area contributed by atoms with E-state index in [9.17, 15) is 8.42 Å². The van der Waals surface area contributed by atoms with Crippen LogP contribution in [0.3, 0.4) is 0 Å². The largest absolute Gasteiger partial charge is 0.263 e. The smallest absolute Gasteiger partial charge is 0.245 e. The molecule has 1 aromatic rings. The highest BCUT2D eigenvalue weighted by Crippen LogP contribution is 2.31. The number of hydrogen-bond acceptors (Lipinski definition) is 3. The van der Waals surface area contributed by atoms with Crippen LogP contribution < -0.4 is 0 Å². The van der Waals surface area contributed by atoms with Crippen LogP contribution in [0.15, 0.2) is 23.4 Å². The first-order valence-corrected chi connectivity index (χ1v) is 6.89. The molecule has 6 heteroatoms. The second-order valence-electron chi connectivity index (χ2n) is 4.04. The van der Waals surface area contributed by atoms with Crippen molar-refractivity contribution in [2.75, 3.05) is 13.6 Å². The minimum Gasteiger partial charge on any atom is -0.263 e. The molecule has 2 rings (SSSR count). The summed E-state index contributed by atoms with van der Waals surface area (Å²) in [5.74, 6) is 0.509. The number of hydrogen-bond donors (Lipinski definition) is 0. The molecule has 1 fully saturated rings. The molecule has 0 unspecified atom stereocenters. The van der Waals surface area contributed by atoms with Gasteiger partial charge in [0.25, 0.3) is 0 Å². The first kappa shape index (κ1) is 11.8. The lowest BCUT2D eigenvalue weighted by atomic mass is 10.4. The Balaban J connectivity index is 2.27. The molecule has 0 bridgehead atoms. The maximum atomic E-state index is 12.1. The van der Waals surface area contributed by atoms with Crippen LogP contribution in [0.4, 0.5) is 0 Å². The van der Waals surface area contributed by atoms with Crippen LogP contribution in [0.25, 0.3) is 0 Å². The number of pyridine rings is 1. The highest BCUT2D eigenvalue weighted by atomic mass is 35.5. The Hall–Kier alpha value is -0.650. The Kier molecular flexibility index (Phi) is 3.19. The molecule has 0 spiro atoms. The van der Waals surface area contributed by atoms with Gasteiger partial charge in [0.15, 0.2) is 0 Å². The number of nitrogens with zero attached hydrogens (tertiary/aromatic N) is 2. The lowest BCUT2D eigenvalue weighted by Crippen LogP contribution is -2.29. The molecule has 88 valence electrons. The molecular formula is C10H13ClN2O2S. The van der Waals surface area contributed by atoms with Crippen molar-refractivity contribution >= 4 is 21.6 Å². The maximum absolute atomic E-state index is 12.1. The van der Waals surface area contributed by atoms with Gasteiger partial charge in [0.1, 0.15) is 4.90 Å². The van der Waals surface area contributed by atoms with Crippen molar-refractivity contribution in [3.8, 4) is 0 Å². The van der Waals surface area contributed by atoms with E-state index in [2.05, 4.69) is 4.98 Å². The lowest BCUT2D eigenvalue weighted by Gasteiger charge is -2.17. The minimum atomic E-state index is -3.49. The fourth-order valence-corrected chi connectivity index (χ4v) is 3.13. The van der Waals surface area contributed by atoms with Crippen LogP contribution in [0.2, 0.25) is 5.02 Å². The molecule has 4 nitrogen and oxygen atoms in total. The van der Waals surface area contributed by atoms with E-state index < -0.39 is 10.0 Å². The summed E-state index contributed by atoms with van der Waals surface area (Å²) in [6, 6.07) is 1.49. The van der Waals surface area contributed by atoms with E-state index in [4.69, 9.17) is 11.6 Å². The van der Waals surface area contributed by atoms with Crippen LogP contribution >= 0.6 is 11.6 Å². The summed E-state index contributed by atoms with van der Waals surface area (Å²) in [5, 5.41) is 0.220. The zero-order valence-electron chi connectivity index (χ0n) is 8.93. The molecule has 0 aromatic carbocycles. The molecule has 1 heterocycles. The number of sulfonamides is 1. The molecule has 0 radical (unpaired) electrons. The van der Waals surface area contributed by atoms with Gasteiger partial charge in [0.2, 0.25) is 10.0 Å². The van der Waals surface area contributed by atoms with Crippen molar-refractivity contribution in [3.05, 3.63) is 23.5 Å². The molecule has 0 aliphatic heterocycles. The SMILES string of the molecule is CN(CC1CC1)S(=O)(=O)c1cnccc1Cl. The summed E-state index contributed by atoms with van der Waals surface area (Å²) in [4.78, 5) is 3.88. The first-order valence-electron chi connectivity index (χ1n) is 5.07. The van der Waals surface area contributed by atoms with Gasteiger partial charge >= 0.3 is 0 Å². The average Bonchev–Trinajstić information content (AvgIpc) is 3.02. The Labute approximate surface area is 100 Å². The second kappa shape index (κ2) is 4.31. The molecule has 1 saturated carbocycles. The van der Waals surface area contributed by atoms with Crippen molar-refractivity contribution in [1.82, 2.24) is 9.29 Å². The molecule has 0 saturated heterocycles. The Bertz CT molecular complexity index is 485. The normalized spacial score (nSPS) is 16.7. The second-order valence-corrected chi connectivity index (χ2v) is 6.46. The minimum absolute atomic E-state index is 0.0832. The molecule has 0 atom stereocenters. The molecule has 16 heavy (non-hydrogen) atoms. The van der Waals surface area contributed by atoms with E-state index in [-0.39, 0.29) is 9.92 Å². The summed E-state index contributed by atoms with van der Waals surface area (Å²) in [7, 11) is -1.91. The zero-order chi connectivity index (χ0) is 11.8. The van der Waals surface area contributed by atoms with Gasteiger partial charge in [0.05, 0.1) is 5.02 Å². The molecule has 0 N–H and O–H groups in total. The van der Waals surface area contributed by atoms with Crippen molar-refractivity contribution in [2.45, 2.75) is 17.7 Å². The van der Waals surface area contributed by atoms with Gasteiger partial charge < -0.3 is 0 Å². The number of rotatable bonds is 4. The van der Waals surface area contributed by atoms with Crippen molar-refractivity contribution in [3.63, 3.8) is 0 Å². The van der Waals surface area contributed by atoms with Gasteiger partial charge in [-0.1, -0.05) is 11.6 Å².